The van der Waals surface area contributed by atoms with Crippen LogP contribution < -0.4 is 0 Å². The van der Waals surface area contributed by atoms with Gasteiger partial charge in [-0.25, -0.2) is 5.06 Å². The lowest BCUT2D eigenvalue weighted by Gasteiger charge is -2.43. The molecule has 0 radical (unpaired) electrons. The van der Waals surface area contributed by atoms with Crippen LogP contribution in [0.4, 0.5) is 0 Å². The van der Waals surface area contributed by atoms with Gasteiger partial charge in [0, 0.05) is 25.9 Å². The number of piperidine rings is 1. The van der Waals surface area contributed by atoms with E-state index in [1.807, 2.05) is 35.2 Å². The molecule has 5 nitrogen and oxygen atoms in total. The smallest absolute Gasteiger partial charge is 0.246 e. The topological polar surface area (TPSA) is 49.9 Å². The Kier molecular flexibility index (Phi) is 6.00. The molecule has 1 aromatic rings. The number of carbonyl (C=O) groups is 2. The number of rotatable bonds is 6. The molecule has 1 aliphatic carbocycles. The highest BCUT2D eigenvalue weighted by Gasteiger charge is 2.48. The van der Waals surface area contributed by atoms with Crippen LogP contribution in [0.15, 0.2) is 30.3 Å². The van der Waals surface area contributed by atoms with E-state index in [1.165, 1.54) is 25.7 Å². The summed E-state index contributed by atoms with van der Waals surface area (Å²) in [5.74, 6) is 1.13. The van der Waals surface area contributed by atoms with Crippen LogP contribution in [0, 0.1) is 5.92 Å². The van der Waals surface area contributed by atoms with Crippen molar-refractivity contribution in [1.29, 1.82) is 0 Å². The molecule has 0 unspecified atom stereocenters. The Balaban J connectivity index is 1.30. The van der Waals surface area contributed by atoms with Gasteiger partial charge in [-0.05, 0) is 37.2 Å². The van der Waals surface area contributed by atoms with Gasteiger partial charge in [0.15, 0.2) is 0 Å². The van der Waals surface area contributed by atoms with Crippen LogP contribution in [0.3, 0.4) is 0 Å². The van der Waals surface area contributed by atoms with E-state index in [2.05, 4.69) is 0 Å². The molecule has 2 aliphatic heterocycles. The highest BCUT2D eigenvalue weighted by Crippen LogP contribution is 2.40. The van der Waals surface area contributed by atoms with Crippen molar-refractivity contribution in [3.8, 4) is 0 Å². The van der Waals surface area contributed by atoms with Crippen molar-refractivity contribution in [3.05, 3.63) is 35.9 Å². The van der Waals surface area contributed by atoms with Crippen LogP contribution in [-0.2, 0) is 21.0 Å². The average molecular weight is 385 g/mol. The van der Waals surface area contributed by atoms with E-state index in [-0.39, 0.29) is 11.4 Å². The third kappa shape index (κ3) is 4.24. The fourth-order valence-electron chi connectivity index (χ4n) is 5.14. The quantitative estimate of drug-likeness (QED) is 0.743. The van der Waals surface area contributed by atoms with Gasteiger partial charge in [0.25, 0.3) is 0 Å². The Bertz CT molecular complexity index is 676. The minimum atomic E-state index is -0.228. The monoisotopic (exact) mass is 384 g/mol. The second kappa shape index (κ2) is 8.64. The molecule has 2 saturated heterocycles. The molecule has 0 aromatic heterocycles. The summed E-state index contributed by atoms with van der Waals surface area (Å²) in [6.45, 7) is 1.89. The summed E-state index contributed by atoms with van der Waals surface area (Å²) in [4.78, 5) is 33.1. The molecule has 28 heavy (non-hydrogen) atoms. The molecule has 1 saturated carbocycles. The zero-order chi connectivity index (χ0) is 19.4. The third-order valence-corrected chi connectivity index (χ3v) is 6.95. The zero-order valence-electron chi connectivity index (χ0n) is 16.8. The number of carbonyl (C=O) groups excluding carboxylic acids is 2. The van der Waals surface area contributed by atoms with Gasteiger partial charge >= 0.3 is 0 Å². The molecule has 3 aliphatic rings. The van der Waals surface area contributed by atoms with E-state index < -0.39 is 0 Å². The summed E-state index contributed by atoms with van der Waals surface area (Å²) in [6, 6.07) is 9.97. The van der Waals surface area contributed by atoms with Crippen LogP contribution in [0.25, 0.3) is 0 Å². The number of amides is 2. The second-order valence-corrected chi connectivity index (χ2v) is 8.74. The van der Waals surface area contributed by atoms with Crippen molar-refractivity contribution in [3.63, 3.8) is 0 Å². The fourth-order valence-corrected chi connectivity index (χ4v) is 5.14. The van der Waals surface area contributed by atoms with Crippen LogP contribution in [0.5, 0.6) is 0 Å². The van der Waals surface area contributed by atoms with Crippen molar-refractivity contribution >= 4 is 11.8 Å². The highest BCUT2D eigenvalue weighted by atomic mass is 16.7. The summed E-state index contributed by atoms with van der Waals surface area (Å²) in [5, 5.41) is 1.65. The number of hydroxylamine groups is 2. The SMILES string of the molecule is O=C(CCC1CCCC1)N1CCC2(CCC(=O)N2OCc2ccccc2)CC1. The van der Waals surface area contributed by atoms with Gasteiger partial charge in [-0.2, -0.15) is 0 Å². The average Bonchev–Trinajstić information content (AvgIpc) is 3.35. The number of likely N-dealkylation sites (tertiary alicyclic amines) is 1. The maximum absolute atomic E-state index is 12.6. The molecular weight excluding hydrogens is 352 g/mol. The number of benzene rings is 1. The lowest BCUT2D eigenvalue weighted by atomic mass is 9.85. The molecule has 2 amide bonds. The van der Waals surface area contributed by atoms with Crippen LogP contribution >= 0.6 is 0 Å². The second-order valence-electron chi connectivity index (χ2n) is 8.74. The molecule has 0 atom stereocenters. The fraction of sp³-hybridized carbons (Fsp3) is 0.652. The van der Waals surface area contributed by atoms with Crippen molar-refractivity contribution in [2.45, 2.75) is 76.4 Å². The molecule has 2 heterocycles. The lowest BCUT2D eigenvalue weighted by Crippen LogP contribution is -2.54. The van der Waals surface area contributed by atoms with Crippen molar-refractivity contribution in [2.24, 2.45) is 5.92 Å². The molecule has 5 heteroatoms. The van der Waals surface area contributed by atoms with E-state index in [4.69, 9.17) is 4.84 Å². The Morgan fingerprint density at radius 3 is 2.50 bits per heavy atom. The zero-order valence-corrected chi connectivity index (χ0v) is 16.8. The van der Waals surface area contributed by atoms with Gasteiger partial charge in [-0.1, -0.05) is 56.0 Å². The Hall–Kier alpha value is -1.88. The molecule has 4 rings (SSSR count). The van der Waals surface area contributed by atoms with E-state index in [9.17, 15) is 9.59 Å². The van der Waals surface area contributed by atoms with Gasteiger partial charge in [0.1, 0.15) is 6.61 Å². The number of hydrogen-bond acceptors (Lipinski definition) is 3. The lowest BCUT2D eigenvalue weighted by molar-refractivity contribution is -0.222. The van der Waals surface area contributed by atoms with E-state index in [1.54, 1.807) is 5.06 Å². The summed E-state index contributed by atoms with van der Waals surface area (Å²) in [5.41, 5.74) is 0.838. The van der Waals surface area contributed by atoms with Crippen molar-refractivity contribution in [1.82, 2.24) is 9.96 Å². The maximum Gasteiger partial charge on any atom is 0.246 e. The minimum Gasteiger partial charge on any atom is -0.343 e. The largest absolute Gasteiger partial charge is 0.343 e. The van der Waals surface area contributed by atoms with E-state index in [0.717, 1.165) is 50.3 Å². The Morgan fingerprint density at radius 2 is 1.79 bits per heavy atom. The summed E-state index contributed by atoms with van der Waals surface area (Å²) in [7, 11) is 0. The molecular formula is C23H32N2O3. The summed E-state index contributed by atoms with van der Waals surface area (Å²) >= 11 is 0. The number of hydrogen-bond donors (Lipinski definition) is 0. The predicted octanol–water partition coefficient (Wildman–Crippen LogP) is 4.07. The van der Waals surface area contributed by atoms with Gasteiger partial charge in [0.2, 0.25) is 11.8 Å². The third-order valence-electron chi connectivity index (χ3n) is 6.95. The predicted molar refractivity (Wildman–Crippen MR) is 107 cm³/mol. The van der Waals surface area contributed by atoms with Crippen LogP contribution in [-0.4, -0.2) is 40.4 Å². The molecule has 152 valence electrons. The first kappa shape index (κ1) is 19.4. The number of nitrogens with zero attached hydrogens (tertiary/aromatic N) is 2. The maximum atomic E-state index is 12.6. The van der Waals surface area contributed by atoms with Gasteiger partial charge in [-0.15, -0.1) is 0 Å². The summed E-state index contributed by atoms with van der Waals surface area (Å²) in [6.07, 6.45) is 10.0. The van der Waals surface area contributed by atoms with Crippen LogP contribution in [0.2, 0.25) is 0 Å². The van der Waals surface area contributed by atoms with E-state index in [0.29, 0.717) is 25.4 Å². The normalized spacial score (nSPS) is 22.4. The molecule has 1 spiro atoms. The van der Waals surface area contributed by atoms with Crippen molar-refractivity contribution < 1.29 is 14.4 Å². The standard InChI is InChI=1S/C23H32N2O3/c26-21(11-10-19-6-4-5-7-19)24-16-14-23(15-17-24)13-12-22(27)25(23)28-18-20-8-2-1-3-9-20/h1-3,8-9,19H,4-7,10-18H2. The minimum absolute atomic E-state index is 0.0805. The van der Waals surface area contributed by atoms with Crippen LogP contribution in [0.1, 0.15) is 69.8 Å². The molecule has 1 aromatic carbocycles. The molecule has 3 fully saturated rings. The Labute approximate surface area is 168 Å². The van der Waals surface area contributed by atoms with E-state index >= 15 is 0 Å². The summed E-state index contributed by atoms with van der Waals surface area (Å²) < 4.78 is 0. The molecule has 0 bridgehead atoms. The van der Waals surface area contributed by atoms with Gasteiger partial charge in [0.05, 0.1) is 5.54 Å². The molecule has 0 N–H and O–H groups in total. The first-order chi connectivity index (χ1) is 13.7. The Morgan fingerprint density at radius 1 is 1.07 bits per heavy atom. The van der Waals surface area contributed by atoms with Crippen molar-refractivity contribution in [2.75, 3.05) is 13.1 Å². The van der Waals surface area contributed by atoms with Gasteiger partial charge < -0.3 is 4.90 Å². The first-order valence-electron chi connectivity index (χ1n) is 10.9. The first-order valence-corrected chi connectivity index (χ1v) is 10.9. The highest BCUT2D eigenvalue weighted by molar-refractivity contribution is 5.79. The van der Waals surface area contributed by atoms with Gasteiger partial charge in [-0.3, -0.25) is 14.4 Å².